The number of rotatable bonds is 4. The fourth-order valence-corrected chi connectivity index (χ4v) is 2.76. The van der Waals surface area contributed by atoms with Gasteiger partial charge in [-0.15, -0.1) is 11.6 Å². The lowest BCUT2D eigenvalue weighted by atomic mass is 10.1. The van der Waals surface area contributed by atoms with Gasteiger partial charge in [0.1, 0.15) is 0 Å². The second-order valence-corrected chi connectivity index (χ2v) is 6.51. The molecule has 0 radical (unpaired) electrons. The average molecular weight is 286 g/mol. The predicted molar refractivity (Wildman–Crippen MR) is 77.6 cm³/mol. The molecular formula is C14H24ClN3O. The second-order valence-electron chi connectivity index (χ2n) is 6.20. The minimum Gasteiger partial charge on any atom is -0.368 e. The van der Waals surface area contributed by atoms with Crippen molar-refractivity contribution in [3.8, 4) is 0 Å². The summed E-state index contributed by atoms with van der Waals surface area (Å²) in [7, 11) is 0. The summed E-state index contributed by atoms with van der Waals surface area (Å²) < 4.78 is 7.94. The van der Waals surface area contributed by atoms with Crippen molar-refractivity contribution in [2.75, 3.05) is 19.0 Å². The van der Waals surface area contributed by atoms with Gasteiger partial charge in [-0.05, 0) is 33.8 Å². The number of nitrogens with zero attached hydrogens (tertiary/aromatic N) is 3. The van der Waals surface area contributed by atoms with E-state index in [2.05, 4.69) is 43.8 Å². The van der Waals surface area contributed by atoms with E-state index in [-0.39, 0.29) is 11.7 Å². The van der Waals surface area contributed by atoms with E-state index in [0.29, 0.717) is 11.9 Å². The predicted octanol–water partition coefficient (Wildman–Crippen LogP) is 2.68. The zero-order chi connectivity index (χ0) is 14.0. The maximum absolute atomic E-state index is 5.95. The molecule has 0 spiro atoms. The summed E-state index contributed by atoms with van der Waals surface area (Å²) in [6.45, 7) is 11.2. The second kappa shape index (κ2) is 5.81. The van der Waals surface area contributed by atoms with Gasteiger partial charge in [-0.3, -0.25) is 9.58 Å². The number of ether oxygens (including phenoxy) is 1. The average Bonchev–Trinajstić information content (AvgIpc) is 2.75. The van der Waals surface area contributed by atoms with Crippen molar-refractivity contribution in [2.24, 2.45) is 0 Å². The molecule has 1 fully saturated rings. The maximum Gasteiger partial charge on any atom is 0.0845 e. The summed E-state index contributed by atoms with van der Waals surface area (Å²) in [5, 5.41) is 4.60. The highest BCUT2D eigenvalue weighted by Crippen LogP contribution is 2.23. The third-order valence-electron chi connectivity index (χ3n) is 3.30. The number of hydrogen-bond donors (Lipinski definition) is 0. The SMILES string of the molecule is CC(C)n1ccc(CN2CC(CCl)OC(C)(C)C2)n1. The Bertz CT molecular complexity index is 417. The maximum atomic E-state index is 5.95. The Hall–Kier alpha value is -0.580. The molecule has 1 aliphatic rings. The summed E-state index contributed by atoms with van der Waals surface area (Å²) in [5.41, 5.74) is 0.970. The third kappa shape index (κ3) is 3.94. The van der Waals surface area contributed by atoms with Crippen molar-refractivity contribution in [3.63, 3.8) is 0 Å². The number of halogens is 1. The minimum absolute atomic E-state index is 0.109. The van der Waals surface area contributed by atoms with E-state index in [1.54, 1.807) is 0 Å². The molecule has 1 aromatic heterocycles. The first-order valence-electron chi connectivity index (χ1n) is 6.90. The zero-order valence-electron chi connectivity index (χ0n) is 12.3. The fraction of sp³-hybridized carbons (Fsp3) is 0.786. The molecular weight excluding hydrogens is 262 g/mol. The number of hydrogen-bond acceptors (Lipinski definition) is 3. The molecule has 0 amide bonds. The summed E-state index contributed by atoms with van der Waals surface area (Å²) in [4.78, 5) is 2.38. The topological polar surface area (TPSA) is 30.3 Å². The molecule has 4 nitrogen and oxygen atoms in total. The van der Waals surface area contributed by atoms with Gasteiger partial charge in [0.05, 0.1) is 17.4 Å². The van der Waals surface area contributed by atoms with Crippen molar-refractivity contribution in [2.45, 2.75) is 52.0 Å². The van der Waals surface area contributed by atoms with Crippen LogP contribution in [-0.4, -0.2) is 45.4 Å². The summed E-state index contributed by atoms with van der Waals surface area (Å²) >= 11 is 5.95. The molecule has 0 aromatic carbocycles. The normalized spacial score (nSPS) is 24.0. The lowest BCUT2D eigenvalue weighted by molar-refractivity contribution is -0.129. The van der Waals surface area contributed by atoms with Gasteiger partial charge in [0, 0.05) is 37.8 Å². The van der Waals surface area contributed by atoms with Gasteiger partial charge < -0.3 is 4.74 Å². The monoisotopic (exact) mass is 285 g/mol. The molecule has 1 saturated heterocycles. The first kappa shape index (κ1) is 14.8. The van der Waals surface area contributed by atoms with Crippen LogP contribution in [0.4, 0.5) is 0 Å². The fourth-order valence-electron chi connectivity index (χ4n) is 2.60. The molecule has 0 aliphatic carbocycles. The highest BCUT2D eigenvalue weighted by Gasteiger charge is 2.33. The van der Waals surface area contributed by atoms with Gasteiger partial charge in [-0.2, -0.15) is 5.10 Å². The molecule has 0 N–H and O–H groups in total. The largest absolute Gasteiger partial charge is 0.368 e. The number of morpholine rings is 1. The summed E-state index contributed by atoms with van der Waals surface area (Å²) in [6, 6.07) is 2.50. The standard InChI is InChI=1S/C14H24ClN3O/c1-11(2)18-6-5-12(16-18)8-17-9-13(7-15)19-14(3,4)10-17/h5-6,11,13H,7-10H2,1-4H3. The molecule has 1 atom stereocenters. The van der Waals surface area contributed by atoms with Crippen LogP contribution in [0.15, 0.2) is 12.3 Å². The molecule has 1 unspecified atom stereocenters. The summed E-state index contributed by atoms with van der Waals surface area (Å²) in [6.07, 6.45) is 2.16. The third-order valence-corrected chi connectivity index (χ3v) is 3.65. The smallest absolute Gasteiger partial charge is 0.0845 e. The van der Waals surface area contributed by atoms with Crippen LogP contribution in [0.1, 0.15) is 39.4 Å². The van der Waals surface area contributed by atoms with E-state index in [1.165, 1.54) is 0 Å². The molecule has 2 heterocycles. The van der Waals surface area contributed by atoms with E-state index in [9.17, 15) is 0 Å². The minimum atomic E-state index is -0.140. The lowest BCUT2D eigenvalue weighted by Crippen LogP contribution is -2.52. The first-order chi connectivity index (χ1) is 8.89. The van der Waals surface area contributed by atoms with Gasteiger partial charge in [-0.25, -0.2) is 0 Å². The quantitative estimate of drug-likeness (QED) is 0.797. The number of aromatic nitrogens is 2. The van der Waals surface area contributed by atoms with Gasteiger partial charge in [0.25, 0.3) is 0 Å². The van der Waals surface area contributed by atoms with Gasteiger partial charge in [0.15, 0.2) is 0 Å². The highest BCUT2D eigenvalue weighted by molar-refractivity contribution is 6.18. The number of alkyl halides is 1. The van der Waals surface area contributed by atoms with Crippen LogP contribution in [0.3, 0.4) is 0 Å². The van der Waals surface area contributed by atoms with E-state index < -0.39 is 0 Å². The molecule has 5 heteroatoms. The molecule has 19 heavy (non-hydrogen) atoms. The van der Waals surface area contributed by atoms with Crippen LogP contribution in [-0.2, 0) is 11.3 Å². The Kier molecular flexibility index (Phi) is 4.54. The summed E-state index contributed by atoms with van der Waals surface area (Å²) in [5.74, 6) is 0.542. The van der Waals surface area contributed by atoms with Crippen LogP contribution in [0.25, 0.3) is 0 Å². The molecule has 0 bridgehead atoms. The zero-order valence-corrected chi connectivity index (χ0v) is 13.0. The van der Waals surface area contributed by atoms with Crippen LogP contribution in [0.5, 0.6) is 0 Å². The Labute approximate surface area is 120 Å². The Morgan fingerprint density at radius 2 is 2.26 bits per heavy atom. The van der Waals surface area contributed by atoms with Crippen molar-refractivity contribution in [3.05, 3.63) is 18.0 Å². The Balaban J connectivity index is 2.00. The highest BCUT2D eigenvalue weighted by atomic mass is 35.5. The van der Waals surface area contributed by atoms with E-state index in [4.69, 9.17) is 16.3 Å². The van der Waals surface area contributed by atoms with Crippen molar-refractivity contribution in [1.29, 1.82) is 0 Å². The van der Waals surface area contributed by atoms with Crippen LogP contribution in [0, 0.1) is 0 Å². The van der Waals surface area contributed by atoms with Crippen molar-refractivity contribution in [1.82, 2.24) is 14.7 Å². The van der Waals surface area contributed by atoms with Crippen molar-refractivity contribution >= 4 is 11.6 Å². The van der Waals surface area contributed by atoms with E-state index >= 15 is 0 Å². The molecule has 1 aromatic rings. The Morgan fingerprint density at radius 3 is 2.84 bits per heavy atom. The van der Waals surface area contributed by atoms with E-state index in [1.807, 2.05) is 10.9 Å². The van der Waals surface area contributed by atoms with E-state index in [0.717, 1.165) is 25.3 Å². The van der Waals surface area contributed by atoms with Gasteiger partial charge in [-0.1, -0.05) is 0 Å². The van der Waals surface area contributed by atoms with Crippen LogP contribution >= 0.6 is 11.6 Å². The van der Waals surface area contributed by atoms with Gasteiger partial charge in [0.2, 0.25) is 0 Å². The van der Waals surface area contributed by atoms with Crippen LogP contribution in [0.2, 0.25) is 0 Å². The molecule has 1 aliphatic heterocycles. The molecule has 2 rings (SSSR count). The first-order valence-corrected chi connectivity index (χ1v) is 7.43. The molecule has 0 saturated carbocycles. The van der Waals surface area contributed by atoms with Crippen LogP contribution < -0.4 is 0 Å². The van der Waals surface area contributed by atoms with Crippen molar-refractivity contribution < 1.29 is 4.74 Å². The Morgan fingerprint density at radius 1 is 1.53 bits per heavy atom. The molecule has 108 valence electrons. The van der Waals surface area contributed by atoms with Gasteiger partial charge >= 0.3 is 0 Å². The lowest BCUT2D eigenvalue weighted by Gasteiger charge is -2.42.